The number of aromatic nitrogens is 2. The van der Waals surface area contributed by atoms with Crippen molar-refractivity contribution >= 4 is 11.8 Å². The van der Waals surface area contributed by atoms with E-state index in [1.165, 1.54) is 4.90 Å². The highest BCUT2D eigenvalue weighted by Crippen LogP contribution is 2.18. The summed E-state index contributed by atoms with van der Waals surface area (Å²) in [6.07, 6.45) is 0.630. The molecule has 0 aliphatic heterocycles. The van der Waals surface area contributed by atoms with Gasteiger partial charge in [-0.05, 0) is 37.3 Å². The molecule has 0 unspecified atom stereocenters. The molecular weight excluding hydrogens is 256 g/mol. The molecule has 0 saturated carbocycles. The monoisotopic (exact) mass is 274 g/mol. The fraction of sp³-hybridized carbons (Fsp3) is 0.333. The second-order valence-electron chi connectivity index (χ2n) is 4.47. The fourth-order valence-electron chi connectivity index (χ4n) is 2.03. The standard InChI is InChI=1S/C15H18N2OS/c1-4-19-13-7-5-12(6-8-13)9-14-10(2)16-11(3)17-15(14)18/h5-8H,4,9H2,1-3H3,(H,16,17,18). The van der Waals surface area contributed by atoms with Gasteiger partial charge in [-0.1, -0.05) is 19.1 Å². The highest BCUT2D eigenvalue weighted by atomic mass is 32.2. The zero-order chi connectivity index (χ0) is 13.8. The van der Waals surface area contributed by atoms with Gasteiger partial charge < -0.3 is 4.98 Å². The van der Waals surface area contributed by atoms with E-state index in [0.717, 1.165) is 22.6 Å². The van der Waals surface area contributed by atoms with E-state index >= 15 is 0 Å². The van der Waals surface area contributed by atoms with Gasteiger partial charge in [-0.25, -0.2) is 4.98 Å². The predicted molar refractivity (Wildman–Crippen MR) is 80.0 cm³/mol. The topological polar surface area (TPSA) is 45.8 Å². The summed E-state index contributed by atoms with van der Waals surface area (Å²) in [6.45, 7) is 5.83. The lowest BCUT2D eigenvalue weighted by Crippen LogP contribution is -2.18. The second kappa shape index (κ2) is 6.06. The Kier molecular flexibility index (Phi) is 4.43. The van der Waals surface area contributed by atoms with Gasteiger partial charge in [0.05, 0.1) is 0 Å². The zero-order valence-corrected chi connectivity index (χ0v) is 12.3. The lowest BCUT2D eigenvalue weighted by Gasteiger charge is -2.06. The molecule has 1 aromatic heterocycles. The largest absolute Gasteiger partial charge is 0.311 e. The van der Waals surface area contributed by atoms with Crippen LogP contribution in [0, 0.1) is 13.8 Å². The van der Waals surface area contributed by atoms with Gasteiger partial charge in [-0.2, -0.15) is 0 Å². The first-order chi connectivity index (χ1) is 9.10. The van der Waals surface area contributed by atoms with E-state index < -0.39 is 0 Å². The van der Waals surface area contributed by atoms with Crippen LogP contribution in [-0.4, -0.2) is 15.7 Å². The van der Waals surface area contributed by atoms with Crippen LogP contribution in [-0.2, 0) is 6.42 Å². The van der Waals surface area contributed by atoms with Gasteiger partial charge in [-0.3, -0.25) is 4.79 Å². The maximum Gasteiger partial charge on any atom is 0.254 e. The average molecular weight is 274 g/mol. The summed E-state index contributed by atoms with van der Waals surface area (Å²) in [5.74, 6) is 1.74. The van der Waals surface area contributed by atoms with Gasteiger partial charge >= 0.3 is 0 Å². The summed E-state index contributed by atoms with van der Waals surface area (Å²) in [4.78, 5) is 20.3. The molecule has 1 heterocycles. The van der Waals surface area contributed by atoms with Gasteiger partial charge in [0, 0.05) is 22.6 Å². The SMILES string of the molecule is CCSc1ccc(Cc2c(C)nc(C)[nH]c2=O)cc1. The highest BCUT2D eigenvalue weighted by Gasteiger charge is 2.07. The van der Waals surface area contributed by atoms with Gasteiger partial charge in [-0.15, -0.1) is 11.8 Å². The minimum absolute atomic E-state index is 0.0305. The highest BCUT2D eigenvalue weighted by molar-refractivity contribution is 7.99. The number of benzene rings is 1. The number of nitrogens with zero attached hydrogens (tertiary/aromatic N) is 1. The number of nitrogens with one attached hydrogen (secondary N) is 1. The third kappa shape index (κ3) is 3.47. The maximum absolute atomic E-state index is 11.9. The molecule has 0 aliphatic rings. The molecule has 100 valence electrons. The Hall–Kier alpha value is -1.55. The summed E-state index contributed by atoms with van der Waals surface area (Å²) in [6, 6.07) is 8.37. The predicted octanol–water partition coefficient (Wildman–Crippen LogP) is 3.09. The molecule has 0 bridgehead atoms. The Morgan fingerprint density at radius 3 is 2.47 bits per heavy atom. The molecule has 2 aromatic rings. The van der Waals surface area contributed by atoms with Crippen LogP contribution in [0.1, 0.15) is 29.6 Å². The maximum atomic E-state index is 11.9. The lowest BCUT2D eigenvalue weighted by molar-refractivity contribution is 0.927. The Morgan fingerprint density at radius 1 is 1.21 bits per heavy atom. The first-order valence-electron chi connectivity index (χ1n) is 6.38. The van der Waals surface area contributed by atoms with Crippen LogP contribution in [0.5, 0.6) is 0 Å². The molecule has 0 fully saturated rings. The van der Waals surface area contributed by atoms with Gasteiger partial charge in [0.1, 0.15) is 5.82 Å². The molecule has 0 radical (unpaired) electrons. The van der Waals surface area contributed by atoms with Gasteiger partial charge in [0.2, 0.25) is 0 Å². The molecule has 19 heavy (non-hydrogen) atoms. The number of H-pyrrole nitrogens is 1. The number of hydrogen-bond acceptors (Lipinski definition) is 3. The van der Waals surface area contributed by atoms with E-state index in [9.17, 15) is 4.79 Å². The minimum atomic E-state index is -0.0305. The van der Waals surface area contributed by atoms with Crippen LogP contribution in [0.3, 0.4) is 0 Å². The third-order valence-corrected chi connectivity index (χ3v) is 3.85. The summed E-state index contributed by atoms with van der Waals surface area (Å²) in [5, 5.41) is 0. The Balaban J connectivity index is 2.24. The fourth-order valence-corrected chi connectivity index (χ4v) is 2.70. The van der Waals surface area contributed by atoms with Crippen LogP contribution < -0.4 is 5.56 Å². The van der Waals surface area contributed by atoms with Gasteiger partial charge in [0.15, 0.2) is 0 Å². The first-order valence-corrected chi connectivity index (χ1v) is 7.37. The number of hydrogen-bond donors (Lipinski definition) is 1. The van der Waals surface area contributed by atoms with E-state index in [4.69, 9.17) is 0 Å². The number of thioether (sulfide) groups is 1. The van der Waals surface area contributed by atoms with Crippen molar-refractivity contribution in [3.8, 4) is 0 Å². The third-order valence-electron chi connectivity index (χ3n) is 2.96. The number of aryl methyl sites for hydroxylation is 2. The van der Waals surface area contributed by atoms with Crippen LogP contribution in [0.25, 0.3) is 0 Å². The van der Waals surface area contributed by atoms with E-state index in [2.05, 4.69) is 41.2 Å². The molecule has 2 rings (SSSR count). The van der Waals surface area contributed by atoms with Crippen molar-refractivity contribution in [2.45, 2.75) is 32.1 Å². The molecule has 3 nitrogen and oxygen atoms in total. The van der Waals surface area contributed by atoms with Crippen molar-refractivity contribution in [3.63, 3.8) is 0 Å². The van der Waals surface area contributed by atoms with Crippen LogP contribution in [0.2, 0.25) is 0 Å². The Bertz CT molecular complexity index is 617. The molecule has 0 spiro atoms. The van der Waals surface area contributed by atoms with Crippen molar-refractivity contribution < 1.29 is 0 Å². The summed E-state index contributed by atoms with van der Waals surface area (Å²) >= 11 is 1.82. The number of rotatable bonds is 4. The van der Waals surface area contributed by atoms with Crippen molar-refractivity contribution in [3.05, 3.63) is 57.3 Å². The van der Waals surface area contributed by atoms with Gasteiger partial charge in [0.25, 0.3) is 5.56 Å². The van der Waals surface area contributed by atoms with Crippen molar-refractivity contribution in [2.75, 3.05) is 5.75 Å². The summed E-state index contributed by atoms with van der Waals surface area (Å²) < 4.78 is 0. The average Bonchev–Trinajstić information content (AvgIpc) is 2.36. The van der Waals surface area contributed by atoms with Crippen LogP contribution >= 0.6 is 11.8 Å². The van der Waals surface area contributed by atoms with E-state index in [1.54, 1.807) is 6.92 Å². The molecule has 0 atom stereocenters. The molecule has 4 heteroatoms. The molecule has 0 aliphatic carbocycles. The van der Waals surface area contributed by atoms with Crippen LogP contribution in [0.4, 0.5) is 0 Å². The first kappa shape index (κ1) is 13.9. The van der Waals surface area contributed by atoms with E-state index in [1.807, 2.05) is 18.7 Å². The molecule has 1 aromatic carbocycles. The van der Waals surface area contributed by atoms with E-state index in [-0.39, 0.29) is 5.56 Å². The van der Waals surface area contributed by atoms with Crippen molar-refractivity contribution in [1.29, 1.82) is 0 Å². The number of aromatic amines is 1. The van der Waals surface area contributed by atoms with Crippen LogP contribution in [0.15, 0.2) is 34.0 Å². The normalized spacial score (nSPS) is 10.7. The minimum Gasteiger partial charge on any atom is -0.311 e. The molecule has 0 amide bonds. The molecule has 0 saturated heterocycles. The summed E-state index contributed by atoms with van der Waals surface area (Å²) in [5.41, 5.74) is 2.67. The lowest BCUT2D eigenvalue weighted by atomic mass is 10.1. The quantitative estimate of drug-likeness (QED) is 0.871. The van der Waals surface area contributed by atoms with Crippen molar-refractivity contribution in [1.82, 2.24) is 9.97 Å². The zero-order valence-electron chi connectivity index (χ0n) is 11.5. The van der Waals surface area contributed by atoms with Crippen molar-refractivity contribution in [2.24, 2.45) is 0 Å². The van der Waals surface area contributed by atoms with E-state index in [0.29, 0.717) is 12.2 Å². The summed E-state index contributed by atoms with van der Waals surface area (Å²) in [7, 11) is 0. The Labute approximate surface area is 117 Å². The smallest absolute Gasteiger partial charge is 0.254 e. The molecule has 1 N–H and O–H groups in total. The Morgan fingerprint density at radius 2 is 1.89 bits per heavy atom. The second-order valence-corrected chi connectivity index (χ2v) is 5.81. The molecular formula is C15H18N2OS.